The molecule has 0 amide bonds. The number of carboxylic acids is 1. The summed E-state index contributed by atoms with van der Waals surface area (Å²) in [5, 5.41) is 9.33. The van der Waals surface area contributed by atoms with Crippen molar-refractivity contribution in [3.63, 3.8) is 0 Å². The van der Waals surface area contributed by atoms with Crippen molar-refractivity contribution in [1.82, 2.24) is 9.88 Å². The number of nitrogens with zero attached hydrogens (tertiary/aromatic N) is 3. The highest BCUT2D eigenvalue weighted by Gasteiger charge is 2.35. The van der Waals surface area contributed by atoms with Gasteiger partial charge in [0, 0.05) is 56.7 Å². The van der Waals surface area contributed by atoms with Crippen molar-refractivity contribution in [3.05, 3.63) is 47.7 Å². The first kappa shape index (κ1) is 25.8. The van der Waals surface area contributed by atoms with Crippen molar-refractivity contribution in [2.75, 3.05) is 44.8 Å². The standard InChI is InChI=1S/C30H41N3O4/c1-30(2)19-32(20-30)17-24-6-7-25(36-3)15-27(24)33-12-9-21(10-13-33)18-37-28-14-23(8-11-31-28)26(16-29(34)35)22-4-5-22/h6-8,11,14-15,21-22,26H,4-5,9-10,12-13,16-20H2,1-3H3,(H,34,35). The van der Waals surface area contributed by atoms with Crippen LogP contribution in [-0.2, 0) is 11.3 Å². The molecule has 1 aromatic carbocycles. The van der Waals surface area contributed by atoms with Gasteiger partial charge in [0.15, 0.2) is 0 Å². The lowest BCUT2D eigenvalue weighted by molar-refractivity contribution is -0.137. The number of piperidine rings is 1. The van der Waals surface area contributed by atoms with E-state index in [4.69, 9.17) is 9.47 Å². The Labute approximate surface area is 220 Å². The van der Waals surface area contributed by atoms with Crippen molar-refractivity contribution in [1.29, 1.82) is 0 Å². The van der Waals surface area contributed by atoms with E-state index < -0.39 is 5.97 Å². The first-order valence-electron chi connectivity index (χ1n) is 13.7. The minimum absolute atomic E-state index is 0.0606. The predicted octanol–water partition coefficient (Wildman–Crippen LogP) is 5.20. The van der Waals surface area contributed by atoms with Gasteiger partial charge in [0.25, 0.3) is 0 Å². The van der Waals surface area contributed by atoms with E-state index in [9.17, 15) is 9.90 Å². The molecule has 7 nitrogen and oxygen atoms in total. The van der Waals surface area contributed by atoms with Crippen LogP contribution < -0.4 is 14.4 Å². The maximum absolute atomic E-state index is 11.4. The third kappa shape index (κ3) is 6.56. The molecule has 0 bridgehead atoms. The van der Waals surface area contributed by atoms with Crippen LogP contribution in [0.15, 0.2) is 36.5 Å². The van der Waals surface area contributed by atoms with Gasteiger partial charge in [-0.15, -0.1) is 0 Å². The van der Waals surface area contributed by atoms with Crippen LogP contribution in [0.5, 0.6) is 11.6 Å². The minimum atomic E-state index is -0.740. The fourth-order valence-corrected chi connectivity index (χ4v) is 6.14. The van der Waals surface area contributed by atoms with Crippen molar-refractivity contribution in [2.45, 2.75) is 58.4 Å². The zero-order chi connectivity index (χ0) is 26.0. The van der Waals surface area contributed by atoms with Crippen molar-refractivity contribution in [3.8, 4) is 11.6 Å². The first-order valence-corrected chi connectivity index (χ1v) is 13.7. The van der Waals surface area contributed by atoms with E-state index in [2.05, 4.69) is 46.8 Å². The largest absolute Gasteiger partial charge is 0.497 e. The molecule has 1 atom stereocenters. The molecule has 200 valence electrons. The molecule has 3 aliphatic rings. The van der Waals surface area contributed by atoms with Crippen LogP contribution in [-0.4, -0.2) is 60.9 Å². The molecule has 7 heteroatoms. The van der Waals surface area contributed by atoms with Crippen molar-refractivity contribution in [2.24, 2.45) is 17.3 Å². The fraction of sp³-hybridized carbons (Fsp3) is 0.600. The minimum Gasteiger partial charge on any atom is -0.497 e. The van der Waals surface area contributed by atoms with Gasteiger partial charge in [-0.3, -0.25) is 9.69 Å². The van der Waals surface area contributed by atoms with Crippen LogP contribution >= 0.6 is 0 Å². The molecular weight excluding hydrogens is 466 g/mol. The molecule has 1 aliphatic carbocycles. The smallest absolute Gasteiger partial charge is 0.303 e. The fourth-order valence-electron chi connectivity index (χ4n) is 6.14. The number of benzene rings is 1. The van der Waals surface area contributed by atoms with Crippen molar-refractivity contribution < 1.29 is 19.4 Å². The van der Waals surface area contributed by atoms with Crippen molar-refractivity contribution >= 4 is 11.7 Å². The molecule has 3 heterocycles. The molecule has 2 aromatic rings. The van der Waals surface area contributed by atoms with Gasteiger partial charge in [0.2, 0.25) is 5.88 Å². The quantitative estimate of drug-likeness (QED) is 0.448. The highest BCUT2D eigenvalue weighted by Crippen LogP contribution is 2.45. The van der Waals surface area contributed by atoms with E-state index in [0.29, 0.717) is 29.7 Å². The van der Waals surface area contributed by atoms with E-state index in [-0.39, 0.29) is 12.3 Å². The third-order valence-corrected chi connectivity index (χ3v) is 8.18. The highest BCUT2D eigenvalue weighted by molar-refractivity contribution is 5.68. The zero-order valence-electron chi connectivity index (χ0n) is 22.5. The number of hydrogen-bond acceptors (Lipinski definition) is 6. The molecule has 5 rings (SSSR count). The number of carboxylic acid groups (broad SMARTS) is 1. The van der Waals surface area contributed by atoms with E-state index >= 15 is 0 Å². The molecule has 2 aliphatic heterocycles. The monoisotopic (exact) mass is 507 g/mol. The normalized spacial score (nSPS) is 20.8. The van der Waals surface area contributed by atoms with E-state index in [0.717, 1.165) is 69.7 Å². The third-order valence-electron chi connectivity index (χ3n) is 8.18. The second-order valence-electron chi connectivity index (χ2n) is 12.0. The number of likely N-dealkylation sites (tertiary alicyclic amines) is 1. The topological polar surface area (TPSA) is 75.1 Å². The molecule has 1 saturated carbocycles. The Morgan fingerprint density at radius 2 is 1.89 bits per heavy atom. The summed E-state index contributed by atoms with van der Waals surface area (Å²) in [6.45, 7) is 10.6. The Bertz CT molecular complexity index is 1080. The number of carbonyl (C=O) groups is 1. The van der Waals surface area contributed by atoms with Gasteiger partial charge in [0.05, 0.1) is 20.1 Å². The van der Waals surface area contributed by atoms with E-state index in [1.54, 1.807) is 13.3 Å². The lowest BCUT2D eigenvalue weighted by atomic mass is 9.84. The summed E-state index contributed by atoms with van der Waals surface area (Å²) < 4.78 is 11.7. The maximum atomic E-state index is 11.4. The lowest BCUT2D eigenvalue weighted by Crippen LogP contribution is -2.52. The summed E-state index contributed by atoms with van der Waals surface area (Å²) in [4.78, 5) is 20.8. The van der Waals surface area contributed by atoms with Crippen LogP contribution in [0.2, 0.25) is 0 Å². The van der Waals surface area contributed by atoms with E-state index in [1.165, 1.54) is 11.3 Å². The molecule has 0 spiro atoms. The zero-order valence-corrected chi connectivity index (χ0v) is 22.5. The van der Waals surface area contributed by atoms with Crippen LogP contribution in [0.4, 0.5) is 5.69 Å². The molecule has 2 saturated heterocycles. The first-order chi connectivity index (χ1) is 17.8. The molecule has 1 unspecified atom stereocenters. The van der Waals surface area contributed by atoms with Crippen LogP contribution in [0.25, 0.3) is 0 Å². The summed E-state index contributed by atoms with van der Waals surface area (Å²) in [6, 6.07) is 10.4. The Morgan fingerprint density at radius 1 is 1.14 bits per heavy atom. The van der Waals surface area contributed by atoms with Gasteiger partial charge < -0.3 is 19.5 Å². The average molecular weight is 508 g/mol. The van der Waals surface area contributed by atoms with Crippen LogP contribution in [0.1, 0.15) is 63.0 Å². The summed E-state index contributed by atoms with van der Waals surface area (Å²) in [6.07, 6.45) is 6.29. The second kappa shape index (κ2) is 10.9. The highest BCUT2D eigenvalue weighted by atomic mass is 16.5. The summed E-state index contributed by atoms with van der Waals surface area (Å²) in [7, 11) is 1.73. The Hall–Kier alpha value is -2.80. The van der Waals surface area contributed by atoms with E-state index in [1.807, 2.05) is 12.1 Å². The summed E-state index contributed by atoms with van der Waals surface area (Å²) in [5.41, 5.74) is 4.14. The molecule has 0 radical (unpaired) electrons. The number of anilines is 1. The maximum Gasteiger partial charge on any atom is 0.303 e. The van der Waals surface area contributed by atoms with Gasteiger partial charge >= 0.3 is 5.97 Å². The number of aromatic nitrogens is 1. The Balaban J connectivity index is 1.16. The number of aliphatic carboxylic acids is 1. The van der Waals surface area contributed by atoms with Gasteiger partial charge in [-0.05, 0) is 72.1 Å². The van der Waals surface area contributed by atoms with Crippen LogP contribution in [0.3, 0.4) is 0 Å². The number of pyridine rings is 1. The van der Waals surface area contributed by atoms with Gasteiger partial charge in [0.1, 0.15) is 5.75 Å². The molecule has 1 aromatic heterocycles. The second-order valence-corrected chi connectivity index (χ2v) is 12.0. The lowest BCUT2D eigenvalue weighted by Gasteiger charge is -2.46. The predicted molar refractivity (Wildman–Crippen MR) is 144 cm³/mol. The molecular formula is C30H41N3O4. The molecule has 1 N–H and O–H groups in total. The molecule has 3 fully saturated rings. The number of rotatable bonds is 11. The van der Waals surface area contributed by atoms with Crippen LogP contribution in [0, 0.1) is 17.3 Å². The summed E-state index contributed by atoms with van der Waals surface area (Å²) in [5.74, 6) is 1.80. The SMILES string of the molecule is COc1ccc(CN2CC(C)(C)C2)c(N2CCC(COc3cc(C(CC(=O)O)C4CC4)ccn3)CC2)c1. The average Bonchev–Trinajstić information content (AvgIpc) is 3.71. The van der Waals surface area contributed by atoms with Gasteiger partial charge in [-0.1, -0.05) is 19.9 Å². The number of hydrogen-bond donors (Lipinski definition) is 1. The van der Waals surface area contributed by atoms with Gasteiger partial charge in [-0.2, -0.15) is 0 Å². The number of methoxy groups -OCH3 is 1. The number of ether oxygens (including phenoxy) is 2. The summed E-state index contributed by atoms with van der Waals surface area (Å²) >= 11 is 0. The Morgan fingerprint density at radius 3 is 2.54 bits per heavy atom. The van der Waals surface area contributed by atoms with Gasteiger partial charge in [-0.25, -0.2) is 4.98 Å². The molecule has 37 heavy (non-hydrogen) atoms. The Kier molecular flexibility index (Phi) is 7.61.